The maximum absolute atomic E-state index is 13.0. The summed E-state index contributed by atoms with van der Waals surface area (Å²) in [6, 6.07) is 5.30. The molecule has 98 valence electrons. The zero-order valence-corrected chi connectivity index (χ0v) is 11.5. The molecule has 1 aromatic rings. The van der Waals surface area contributed by atoms with Crippen molar-refractivity contribution >= 4 is 21.6 Å². The first-order chi connectivity index (χ1) is 8.38. The van der Waals surface area contributed by atoms with Crippen LogP contribution in [0.15, 0.2) is 33.9 Å². The molecule has 18 heavy (non-hydrogen) atoms. The Balaban J connectivity index is 2.33. The van der Waals surface area contributed by atoms with E-state index >= 15 is 0 Å². The van der Waals surface area contributed by atoms with E-state index in [-0.39, 0.29) is 0 Å². The van der Waals surface area contributed by atoms with Gasteiger partial charge in [0.05, 0.1) is 5.69 Å². The van der Waals surface area contributed by atoms with Crippen molar-refractivity contribution in [3.8, 4) is 0 Å². The van der Waals surface area contributed by atoms with Gasteiger partial charge in [-0.15, -0.1) is 0 Å². The molecule has 0 saturated heterocycles. The molecule has 1 N–H and O–H groups in total. The van der Waals surface area contributed by atoms with E-state index in [1.165, 1.54) is 0 Å². The van der Waals surface area contributed by atoms with Crippen LogP contribution in [0.2, 0.25) is 0 Å². The van der Waals surface area contributed by atoms with E-state index in [9.17, 15) is 13.2 Å². The van der Waals surface area contributed by atoms with Crippen molar-refractivity contribution in [2.45, 2.75) is 32.4 Å². The van der Waals surface area contributed by atoms with E-state index in [2.05, 4.69) is 21.2 Å². The van der Waals surface area contributed by atoms with E-state index in [1.54, 1.807) is 12.1 Å². The molecule has 1 nitrogen and oxygen atoms in total. The van der Waals surface area contributed by atoms with Crippen LogP contribution in [0.5, 0.6) is 0 Å². The molecule has 1 aliphatic rings. The minimum atomic E-state index is -4.32. The fourth-order valence-corrected chi connectivity index (χ4v) is 2.18. The molecule has 0 amide bonds. The van der Waals surface area contributed by atoms with Gasteiger partial charge in [-0.25, -0.2) is 0 Å². The fraction of sp³-hybridized carbons (Fsp3) is 0.385. The monoisotopic (exact) mass is 319 g/mol. The molecule has 1 aromatic carbocycles. The van der Waals surface area contributed by atoms with Gasteiger partial charge in [-0.05, 0) is 65.4 Å². The number of hydrogen-bond donors (Lipinski definition) is 1. The van der Waals surface area contributed by atoms with Crippen LogP contribution in [0.1, 0.15) is 24.8 Å². The molecule has 0 aliphatic heterocycles. The highest BCUT2D eigenvalue weighted by Gasteiger charge is 2.38. The molecule has 0 spiro atoms. The number of hydrogen-bond acceptors (Lipinski definition) is 1. The predicted molar refractivity (Wildman–Crippen MR) is 69.4 cm³/mol. The maximum Gasteiger partial charge on any atom is 0.431 e. The van der Waals surface area contributed by atoms with Crippen LogP contribution in [0.4, 0.5) is 18.9 Å². The lowest BCUT2D eigenvalue weighted by molar-refractivity contribution is -0.0918. The minimum Gasteiger partial charge on any atom is -0.351 e. The third-order valence-corrected chi connectivity index (χ3v) is 3.67. The molecule has 2 rings (SSSR count). The molecule has 0 unspecified atom stereocenters. The number of halogens is 4. The van der Waals surface area contributed by atoms with Gasteiger partial charge in [0.1, 0.15) is 5.70 Å². The second-order valence-corrected chi connectivity index (χ2v) is 5.29. The molecule has 5 heteroatoms. The normalized spacial score (nSPS) is 15.3. The van der Waals surface area contributed by atoms with Crippen LogP contribution in [0.25, 0.3) is 0 Å². The third kappa shape index (κ3) is 2.88. The number of nitrogens with one attached hydrogen (secondary N) is 1. The summed E-state index contributed by atoms with van der Waals surface area (Å²) < 4.78 is 39.6. The molecular weight excluding hydrogens is 307 g/mol. The van der Waals surface area contributed by atoms with Gasteiger partial charge >= 0.3 is 6.18 Å². The summed E-state index contributed by atoms with van der Waals surface area (Å²) >= 11 is 3.26. The highest BCUT2D eigenvalue weighted by atomic mass is 79.9. The van der Waals surface area contributed by atoms with Gasteiger partial charge in [0.2, 0.25) is 0 Å². The van der Waals surface area contributed by atoms with Gasteiger partial charge in [0, 0.05) is 4.47 Å². The lowest BCUT2D eigenvalue weighted by atomic mass is 9.90. The largest absolute Gasteiger partial charge is 0.431 e. The summed E-state index contributed by atoms with van der Waals surface area (Å²) in [4.78, 5) is 0. The van der Waals surface area contributed by atoms with Gasteiger partial charge < -0.3 is 5.32 Å². The van der Waals surface area contributed by atoms with Crippen LogP contribution in [0.3, 0.4) is 0 Å². The average Bonchev–Trinajstić information content (AvgIpc) is 2.18. The number of alkyl halides is 3. The van der Waals surface area contributed by atoms with Gasteiger partial charge in [-0.2, -0.15) is 13.2 Å². The van der Waals surface area contributed by atoms with Crippen molar-refractivity contribution < 1.29 is 13.2 Å². The number of allylic oxidation sites excluding steroid dienone is 2. The zero-order valence-electron chi connectivity index (χ0n) is 9.87. The Morgan fingerprint density at radius 1 is 1.28 bits per heavy atom. The molecule has 0 aromatic heterocycles. The van der Waals surface area contributed by atoms with Crippen molar-refractivity contribution in [2.24, 2.45) is 0 Å². The summed E-state index contributed by atoms with van der Waals surface area (Å²) in [6.45, 7) is 1.85. The first kappa shape index (κ1) is 13.5. The van der Waals surface area contributed by atoms with Crippen molar-refractivity contribution in [1.82, 2.24) is 0 Å². The predicted octanol–water partition coefficient (Wildman–Crippen LogP) is 5.17. The Morgan fingerprint density at radius 3 is 2.44 bits per heavy atom. The second kappa shape index (κ2) is 4.96. The quantitative estimate of drug-likeness (QED) is 0.793. The second-order valence-electron chi connectivity index (χ2n) is 4.44. The Labute approximate surface area is 112 Å². The lowest BCUT2D eigenvalue weighted by Crippen LogP contribution is -2.24. The lowest BCUT2D eigenvalue weighted by Gasteiger charge is -2.25. The molecule has 0 radical (unpaired) electrons. The molecule has 1 aliphatic carbocycles. The van der Waals surface area contributed by atoms with Crippen LogP contribution >= 0.6 is 15.9 Å². The maximum atomic E-state index is 13.0. The molecular formula is C13H13BrF3N. The Bertz CT molecular complexity index is 485. The molecule has 1 saturated carbocycles. The number of rotatable bonds is 2. The highest BCUT2D eigenvalue weighted by Crippen LogP contribution is 2.38. The first-order valence-corrected chi connectivity index (χ1v) is 6.49. The summed E-state index contributed by atoms with van der Waals surface area (Å²) in [5.41, 5.74) is 1.25. The zero-order chi connectivity index (χ0) is 13.3. The summed E-state index contributed by atoms with van der Waals surface area (Å²) in [5, 5.41) is 2.54. The van der Waals surface area contributed by atoms with E-state index in [4.69, 9.17) is 0 Å². The topological polar surface area (TPSA) is 12.0 Å². The molecule has 0 atom stereocenters. The van der Waals surface area contributed by atoms with Crippen LogP contribution in [0, 0.1) is 6.92 Å². The Hall–Kier alpha value is -0.970. The Morgan fingerprint density at radius 2 is 1.94 bits per heavy atom. The SMILES string of the molecule is Cc1ccc(Br)c(NC(=C2CCC2)C(F)(F)F)c1. The van der Waals surface area contributed by atoms with Gasteiger partial charge in [-0.3, -0.25) is 0 Å². The highest BCUT2D eigenvalue weighted by molar-refractivity contribution is 9.10. The number of benzene rings is 1. The van der Waals surface area contributed by atoms with Crippen LogP contribution in [-0.4, -0.2) is 6.18 Å². The van der Waals surface area contributed by atoms with Gasteiger partial charge in [-0.1, -0.05) is 6.07 Å². The van der Waals surface area contributed by atoms with Crippen molar-refractivity contribution in [3.63, 3.8) is 0 Å². The number of aryl methyl sites for hydroxylation is 1. The minimum absolute atomic E-state index is 0.460. The van der Waals surface area contributed by atoms with Crippen molar-refractivity contribution in [2.75, 3.05) is 5.32 Å². The molecule has 0 bridgehead atoms. The van der Waals surface area contributed by atoms with Gasteiger partial charge in [0.15, 0.2) is 0 Å². The summed E-state index contributed by atoms with van der Waals surface area (Å²) in [6.07, 6.45) is -2.42. The standard InChI is InChI=1S/C13H13BrF3N/c1-8-5-6-10(14)11(7-8)18-12(13(15,16)17)9-3-2-4-9/h5-7,18H,2-4H2,1H3. The fourth-order valence-electron chi connectivity index (χ4n) is 1.83. The van der Waals surface area contributed by atoms with E-state index in [0.29, 0.717) is 28.6 Å². The molecule has 0 heterocycles. The molecule has 1 fully saturated rings. The first-order valence-electron chi connectivity index (χ1n) is 5.70. The number of anilines is 1. The average molecular weight is 320 g/mol. The smallest absolute Gasteiger partial charge is 0.351 e. The van der Waals surface area contributed by atoms with E-state index in [1.807, 2.05) is 13.0 Å². The van der Waals surface area contributed by atoms with Crippen LogP contribution in [-0.2, 0) is 0 Å². The van der Waals surface area contributed by atoms with Crippen molar-refractivity contribution in [3.05, 3.63) is 39.5 Å². The van der Waals surface area contributed by atoms with Crippen molar-refractivity contribution in [1.29, 1.82) is 0 Å². The van der Waals surface area contributed by atoms with E-state index in [0.717, 1.165) is 12.0 Å². The Kier molecular flexibility index (Phi) is 3.71. The summed E-state index contributed by atoms with van der Waals surface area (Å²) in [7, 11) is 0. The summed E-state index contributed by atoms with van der Waals surface area (Å²) in [5.74, 6) is 0. The third-order valence-electron chi connectivity index (χ3n) is 2.98. The van der Waals surface area contributed by atoms with Gasteiger partial charge in [0.25, 0.3) is 0 Å². The van der Waals surface area contributed by atoms with E-state index < -0.39 is 11.9 Å². The van der Waals surface area contributed by atoms with Crippen LogP contribution < -0.4 is 5.32 Å².